The minimum absolute atomic E-state index is 0.000940. The van der Waals surface area contributed by atoms with Crippen molar-refractivity contribution in [1.82, 2.24) is 5.32 Å². The third kappa shape index (κ3) is 2.70. The van der Waals surface area contributed by atoms with Gasteiger partial charge in [0.15, 0.2) is 0 Å². The zero-order chi connectivity index (χ0) is 13.0. The van der Waals surface area contributed by atoms with Gasteiger partial charge >= 0.3 is 0 Å². The summed E-state index contributed by atoms with van der Waals surface area (Å²) in [5, 5.41) is 3.24. The lowest BCUT2D eigenvalue weighted by atomic mass is 9.76. The van der Waals surface area contributed by atoms with Gasteiger partial charge in [0.1, 0.15) is 6.29 Å². The predicted molar refractivity (Wildman–Crippen MR) is 74.3 cm³/mol. The van der Waals surface area contributed by atoms with Crippen LogP contribution in [0.1, 0.15) is 25.8 Å². The SMILES string of the molecule is CC(C=O)NC1=CC=CC(C)(c2ccccc2)C1. The summed E-state index contributed by atoms with van der Waals surface area (Å²) < 4.78 is 0. The smallest absolute Gasteiger partial charge is 0.141 e. The van der Waals surface area contributed by atoms with Gasteiger partial charge in [0.2, 0.25) is 0 Å². The van der Waals surface area contributed by atoms with Crippen molar-refractivity contribution in [2.24, 2.45) is 0 Å². The fraction of sp³-hybridized carbons (Fsp3) is 0.312. The zero-order valence-corrected chi connectivity index (χ0v) is 10.9. The molecular weight excluding hydrogens is 222 g/mol. The summed E-state index contributed by atoms with van der Waals surface area (Å²) in [5.41, 5.74) is 2.41. The monoisotopic (exact) mass is 241 g/mol. The number of aldehydes is 1. The minimum Gasteiger partial charge on any atom is -0.379 e. The first-order valence-corrected chi connectivity index (χ1v) is 6.30. The Morgan fingerprint density at radius 2 is 2.06 bits per heavy atom. The Morgan fingerprint density at radius 1 is 1.33 bits per heavy atom. The highest BCUT2D eigenvalue weighted by Gasteiger charge is 2.26. The summed E-state index contributed by atoms with van der Waals surface area (Å²) in [6, 6.07) is 10.3. The highest BCUT2D eigenvalue weighted by Crippen LogP contribution is 2.34. The van der Waals surface area contributed by atoms with E-state index >= 15 is 0 Å². The van der Waals surface area contributed by atoms with Gasteiger partial charge in [0.25, 0.3) is 0 Å². The molecule has 0 fully saturated rings. The van der Waals surface area contributed by atoms with Crippen LogP contribution in [0.25, 0.3) is 0 Å². The lowest BCUT2D eigenvalue weighted by molar-refractivity contribution is -0.109. The van der Waals surface area contributed by atoms with Gasteiger partial charge in [-0.3, -0.25) is 0 Å². The van der Waals surface area contributed by atoms with E-state index in [9.17, 15) is 4.79 Å². The van der Waals surface area contributed by atoms with Crippen LogP contribution in [0.3, 0.4) is 0 Å². The van der Waals surface area contributed by atoms with Crippen molar-refractivity contribution in [1.29, 1.82) is 0 Å². The second-order valence-corrected chi connectivity index (χ2v) is 5.08. The number of nitrogens with one attached hydrogen (secondary N) is 1. The number of hydrogen-bond acceptors (Lipinski definition) is 2. The van der Waals surface area contributed by atoms with Crippen LogP contribution in [-0.2, 0) is 10.2 Å². The zero-order valence-electron chi connectivity index (χ0n) is 10.9. The number of allylic oxidation sites excluding steroid dienone is 4. The summed E-state index contributed by atoms with van der Waals surface area (Å²) in [5.74, 6) is 0. The second-order valence-electron chi connectivity index (χ2n) is 5.08. The van der Waals surface area contributed by atoms with Gasteiger partial charge < -0.3 is 10.1 Å². The van der Waals surface area contributed by atoms with Crippen LogP contribution >= 0.6 is 0 Å². The van der Waals surface area contributed by atoms with E-state index in [4.69, 9.17) is 0 Å². The van der Waals surface area contributed by atoms with Gasteiger partial charge in [-0.25, -0.2) is 0 Å². The second kappa shape index (κ2) is 5.21. The van der Waals surface area contributed by atoms with E-state index in [0.29, 0.717) is 0 Å². The quantitative estimate of drug-likeness (QED) is 0.821. The molecule has 2 rings (SSSR count). The van der Waals surface area contributed by atoms with E-state index in [1.165, 1.54) is 5.56 Å². The van der Waals surface area contributed by atoms with Gasteiger partial charge in [-0.05, 0) is 18.6 Å². The Balaban J connectivity index is 2.17. The Hall–Kier alpha value is -1.83. The Labute approximate surface area is 108 Å². The molecule has 0 spiro atoms. The molecule has 2 atom stereocenters. The van der Waals surface area contributed by atoms with Gasteiger partial charge in [0.05, 0.1) is 6.04 Å². The third-order valence-corrected chi connectivity index (χ3v) is 3.37. The average molecular weight is 241 g/mol. The summed E-state index contributed by atoms with van der Waals surface area (Å²) in [6.45, 7) is 4.09. The summed E-state index contributed by atoms with van der Waals surface area (Å²) in [6.07, 6.45) is 8.16. The molecule has 1 aliphatic rings. The van der Waals surface area contributed by atoms with E-state index in [0.717, 1.165) is 18.4 Å². The van der Waals surface area contributed by atoms with E-state index in [1.54, 1.807) is 0 Å². The van der Waals surface area contributed by atoms with E-state index in [1.807, 2.05) is 19.1 Å². The molecular formula is C16H19NO. The minimum atomic E-state index is -0.136. The molecule has 0 radical (unpaired) electrons. The van der Waals surface area contributed by atoms with Crippen LogP contribution < -0.4 is 5.32 Å². The largest absolute Gasteiger partial charge is 0.379 e. The van der Waals surface area contributed by atoms with Crippen LogP contribution in [0.15, 0.2) is 54.3 Å². The lowest BCUT2D eigenvalue weighted by Gasteiger charge is -2.31. The fourth-order valence-electron chi connectivity index (χ4n) is 2.33. The van der Waals surface area contributed by atoms with Crippen LogP contribution in [0.4, 0.5) is 0 Å². The lowest BCUT2D eigenvalue weighted by Crippen LogP contribution is -2.32. The van der Waals surface area contributed by atoms with Crippen molar-refractivity contribution in [2.45, 2.75) is 31.7 Å². The van der Waals surface area contributed by atoms with E-state index < -0.39 is 0 Å². The Bertz CT molecular complexity index is 475. The molecule has 1 aliphatic carbocycles. The first kappa shape index (κ1) is 12.6. The van der Waals surface area contributed by atoms with Crippen molar-refractivity contribution >= 4 is 6.29 Å². The molecule has 0 aliphatic heterocycles. The predicted octanol–water partition coefficient (Wildman–Crippen LogP) is 2.97. The highest BCUT2D eigenvalue weighted by atomic mass is 16.1. The van der Waals surface area contributed by atoms with Gasteiger partial charge in [-0.1, -0.05) is 49.4 Å². The number of benzene rings is 1. The molecule has 0 bridgehead atoms. The van der Waals surface area contributed by atoms with Crippen molar-refractivity contribution in [3.63, 3.8) is 0 Å². The molecule has 2 heteroatoms. The standard InChI is InChI=1S/C16H19NO/c1-13(12-18)17-15-9-6-10-16(2,11-15)14-7-4-3-5-8-14/h3-10,12-13,17H,11H2,1-2H3. The summed E-state index contributed by atoms with van der Waals surface area (Å²) in [7, 11) is 0. The Kier molecular flexibility index (Phi) is 3.66. The van der Waals surface area contributed by atoms with Gasteiger partial charge in [-0.2, -0.15) is 0 Å². The molecule has 0 amide bonds. The first-order valence-electron chi connectivity index (χ1n) is 6.30. The topological polar surface area (TPSA) is 29.1 Å². The summed E-state index contributed by atoms with van der Waals surface area (Å²) >= 11 is 0. The van der Waals surface area contributed by atoms with Gasteiger partial charge in [-0.15, -0.1) is 0 Å². The highest BCUT2D eigenvalue weighted by molar-refractivity contribution is 5.57. The molecule has 2 nitrogen and oxygen atoms in total. The van der Waals surface area contributed by atoms with Crippen molar-refractivity contribution < 1.29 is 4.79 Å². The number of hydrogen-bond donors (Lipinski definition) is 1. The molecule has 1 aromatic carbocycles. The van der Waals surface area contributed by atoms with Crippen LogP contribution in [0.2, 0.25) is 0 Å². The summed E-state index contributed by atoms with van der Waals surface area (Å²) in [4.78, 5) is 10.7. The average Bonchev–Trinajstić information content (AvgIpc) is 2.40. The van der Waals surface area contributed by atoms with E-state index in [-0.39, 0.29) is 11.5 Å². The van der Waals surface area contributed by atoms with Crippen LogP contribution in [0.5, 0.6) is 0 Å². The van der Waals surface area contributed by atoms with Crippen molar-refractivity contribution in [2.75, 3.05) is 0 Å². The number of carbonyl (C=O) groups excluding carboxylic acids is 1. The molecule has 1 N–H and O–H groups in total. The van der Waals surface area contributed by atoms with Crippen LogP contribution in [0, 0.1) is 0 Å². The normalized spacial score (nSPS) is 24.2. The fourth-order valence-corrected chi connectivity index (χ4v) is 2.33. The molecule has 94 valence electrons. The maximum atomic E-state index is 10.7. The number of carbonyl (C=O) groups is 1. The first-order chi connectivity index (χ1) is 8.64. The van der Waals surface area contributed by atoms with Crippen molar-refractivity contribution in [3.8, 4) is 0 Å². The van der Waals surface area contributed by atoms with Crippen molar-refractivity contribution in [3.05, 3.63) is 59.8 Å². The molecule has 18 heavy (non-hydrogen) atoms. The maximum absolute atomic E-state index is 10.7. The van der Waals surface area contributed by atoms with E-state index in [2.05, 4.69) is 48.7 Å². The molecule has 0 aromatic heterocycles. The Morgan fingerprint density at radius 3 is 2.72 bits per heavy atom. The molecule has 0 saturated carbocycles. The third-order valence-electron chi connectivity index (χ3n) is 3.37. The molecule has 1 aromatic rings. The number of rotatable bonds is 4. The maximum Gasteiger partial charge on any atom is 0.141 e. The van der Waals surface area contributed by atoms with Gasteiger partial charge in [0, 0.05) is 17.5 Å². The molecule has 2 unspecified atom stereocenters. The molecule has 0 saturated heterocycles. The van der Waals surface area contributed by atoms with Crippen LogP contribution in [-0.4, -0.2) is 12.3 Å². The molecule has 0 heterocycles.